The summed E-state index contributed by atoms with van der Waals surface area (Å²) < 4.78 is 34.4. The molecule has 1 aromatic carbocycles. The summed E-state index contributed by atoms with van der Waals surface area (Å²) in [6.45, 7) is 10.3. The summed E-state index contributed by atoms with van der Waals surface area (Å²) in [7, 11) is 0. The first-order valence-corrected chi connectivity index (χ1v) is 10.9. The van der Waals surface area contributed by atoms with Gasteiger partial charge in [0.05, 0.1) is 17.8 Å². The summed E-state index contributed by atoms with van der Waals surface area (Å²) in [6, 6.07) is 6.36. The Labute approximate surface area is 189 Å². The van der Waals surface area contributed by atoms with Crippen molar-refractivity contribution >= 4 is 22.9 Å². The monoisotopic (exact) mass is 458 g/mol. The Bertz CT molecular complexity index is 1230. The molecule has 0 radical (unpaired) electrons. The van der Waals surface area contributed by atoms with E-state index in [4.69, 9.17) is 28.1 Å². The van der Waals surface area contributed by atoms with Crippen LogP contribution in [0.3, 0.4) is 0 Å². The minimum atomic E-state index is -1.11. The van der Waals surface area contributed by atoms with Crippen molar-refractivity contribution in [1.82, 2.24) is 0 Å². The fourth-order valence-corrected chi connectivity index (χ4v) is 4.24. The van der Waals surface area contributed by atoms with E-state index in [0.717, 1.165) is 0 Å². The Morgan fingerprint density at radius 3 is 2.00 bits per heavy atom. The average Bonchev–Trinajstić information content (AvgIpc) is 3.57. The summed E-state index contributed by atoms with van der Waals surface area (Å²) in [5.41, 5.74) is -3.33. The Morgan fingerprint density at radius 2 is 1.42 bits per heavy atom. The molecule has 6 atom stereocenters. The zero-order valence-electron chi connectivity index (χ0n) is 19.3. The predicted octanol–water partition coefficient (Wildman–Crippen LogP) is 2.81. The minimum Gasteiger partial charge on any atom is -0.483 e. The smallest absolute Gasteiger partial charge is 0.341 e. The highest BCUT2D eigenvalue weighted by molar-refractivity contribution is 5.86. The molecule has 2 saturated heterocycles. The van der Waals surface area contributed by atoms with E-state index >= 15 is 0 Å². The number of esters is 2. The summed E-state index contributed by atoms with van der Waals surface area (Å²) in [6.07, 6.45) is -2.78. The number of carbonyl (C=O) groups is 2. The van der Waals surface area contributed by atoms with E-state index < -0.39 is 46.6 Å². The van der Waals surface area contributed by atoms with Gasteiger partial charge in [-0.05, 0) is 59.7 Å². The lowest BCUT2D eigenvalue weighted by atomic mass is 9.87. The Balaban J connectivity index is 1.63. The van der Waals surface area contributed by atoms with E-state index in [1.165, 1.54) is 6.07 Å². The maximum absolute atomic E-state index is 13.1. The Hall–Kier alpha value is -2.91. The third-order valence-electron chi connectivity index (χ3n) is 6.96. The molecule has 2 aromatic rings. The molecule has 9 heteroatoms. The van der Waals surface area contributed by atoms with Crippen LogP contribution in [-0.4, -0.2) is 47.1 Å². The van der Waals surface area contributed by atoms with Crippen LogP contribution in [0.2, 0.25) is 0 Å². The van der Waals surface area contributed by atoms with Gasteiger partial charge in [0.15, 0.2) is 23.4 Å². The molecule has 4 heterocycles. The van der Waals surface area contributed by atoms with E-state index in [0.29, 0.717) is 16.7 Å². The number of fused-ring (bicyclic) bond motifs is 3. The van der Waals surface area contributed by atoms with Crippen LogP contribution in [-0.2, 0) is 28.5 Å². The van der Waals surface area contributed by atoms with E-state index in [9.17, 15) is 14.4 Å². The van der Waals surface area contributed by atoms with Gasteiger partial charge in [-0.25, -0.2) is 14.4 Å². The topological polar surface area (TPSA) is 117 Å². The second-order valence-electron chi connectivity index (χ2n) is 9.74. The van der Waals surface area contributed by atoms with Crippen LogP contribution in [0, 0.1) is 0 Å². The summed E-state index contributed by atoms with van der Waals surface area (Å²) in [5.74, 6) is -0.837. The molecule has 3 aliphatic heterocycles. The number of rotatable bonds is 4. The second kappa shape index (κ2) is 6.80. The van der Waals surface area contributed by atoms with Crippen LogP contribution >= 0.6 is 0 Å². The summed E-state index contributed by atoms with van der Waals surface area (Å²) in [5, 5.41) is 0.608. The zero-order valence-corrected chi connectivity index (χ0v) is 19.3. The normalized spacial score (nSPS) is 35.8. The molecule has 0 amide bonds. The summed E-state index contributed by atoms with van der Waals surface area (Å²) >= 11 is 0. The first kappa shape index (κ1) is 21.9. The molecule has 33 heavy (non-hydrogen) atoms. The van der Waals surface area contributed by atoms with Crippen molar-refractivity contribution < 1.29 is 37.7 Å². The van der Waals surface area contributed by atoms with Crippen LogP contribution in [0.5, 0.6) is 5.75 Å². The number of benzene rings is 1. The van der Waals surface area contributed by atoms with Gasteiger partial charge in [-0.2, -0.15) is 0 Å². The molecule has 0 saturated carbocycles. The fourth-order valence-electron chi connectivity index (χ4n) is 4.24. The van der Waals surface area contributed by atoms with Gasteiger partial charge in [0.2, 0.25) is 0 Å². The minimum absolute atomic E-state index is 0.200. The van der Waals surface area contributed by atoms with Crippen molar-refractivity contribution in [2.24, 2.45) is 0 Å². The van der Waals surface area contributed by atoms with E-state index in [1.54, 1.807) is 59.7 Å². The van der Waals surface area contributed by atoms with Crippen LogP contribution < -0.4 is 10.4 Å². The molecule has 2 fully saturated rings. The number of ether oxygens (including phenoxy) is 5. The molecule has 0 aliphatic carbocycles. The van der Waals surface area contributed by atoms with Gasteiger partial charge < -0.3 is 28.1 Å². The predicted molar refractivity (Wildman–Crippen MR) is 114 cm³/mol. The number of hydrogen-bond acceptors (Lipinski definition) is 9. The Morgan fingerprint density at radius 1 is 0.879 bits per heavy atom. The SMILES string of the molecule is C[C@H]1O[C@]1(C)C(=O)O[C@@H]1c2c(ccc3ccc(=O)oc23)OC(C)(C)[C@@H]1OC(=O)[C@@]1(C)O[C@@H]1C. The maximum atomic E-state index is 13.1. The molecule has 0 unspecified atom stereocenters. The molecule has 1 aromatic heterocycles. The molecule has 0 spiro atoms. The van der Waals surface area contributed by atoms with E-state index in [2.05, 4.69) is 0 Å². The highest BCUT2D eigenvalue weighted by atomic mass is 16.7. The highest BCUT2D eigenvalue weighted by Gasteiger charge is 2.62. The van der Waals surface area contributed by atoms with Gasteiger partial charge in [0.25, 0.3) is 0 Å². The van der Waals surface area contributed by atoms with Crippen molar-refractivity contribution in [3.8, 4) is 5.75 Å². The van der Waals surface area contributed by atoms with Crippen LogP contribution in [0.15, 0.2) is 33.5 Å². The van der Waals surface area contributed by atoms with Crippen LogP contribution in [0.25, 0.3) is 11.0 Å². The van der Waals surface area contributed by atoms with Gasteiger partial charge in [0.1, 0.15) is 16.9 Å². The first-order valence-electron chi connectivity index (χ1n) is 10.9. The molecular weight excluding hydrogens is 432 g/mol. The van der Waals surface area contributed by atoms with Crippen molar-refractivity contribution in [2.45, 2.75) is 82.8 Å². The van der Waals surface area contributed by atoms with Gasteiger partial charge in [-0.1, -0.05) is 0 Å². The number of epoxide rings is 2. The maximum Gasteiger partial charge on any atom is 0.341 e. The molecular formula is C24H26O9. The average molecular weight is 458 g/mol. The molecule has 0 bridgehead atoms. The lowest BCUT2D eigenvalue weighted by Crippen LogP contribution is -2.53. The Kier molecular flexibility index (Phi) is 4.52. The summed E-state index contributed by atoms with van der Waals surface area (Å²) in [4.78, 5) is 38.1. The highest BCUT2D eigenvalue weighted by Crippen LogP contribution is 2.49. The number of hydrogen-bond donors (Lipinski definition) is 0. The second-order valence-corrected chi connectivity index (χ2v) is 9.74. The lowest BCUT2D eigenvalue weighted by molar-refractivity contribution is -0.195. The van der Waals surface area contributed by atoms with Gasteiger partial charge in [-0.15, -0.1) is 0 Å². The third kappa shape index (κ3) is 3.33. The zero-order chi connectivity index (χ0) is 23.9. The van der Waals surface area contributed by atoms with Crippen molar-refractivity contribution in [3.63, 3.8) is 0 Å². The van der Waals surface area contributed by atoms with E-state index in [1.807, 2.05) is 0 Å². The standard InChI is InChI=1S/C24H26O9/c1-11-23(5,31-11)20(26)29-18-16-14(9-7-13-8-10-15(25)28-17(13)16)33-22(3,4)19(18)30-21(27)24(6)12(2)32-24/h7-12,18-19H,1-6H3/t11-,12-,18-,19-,23+,24+/m1/s1. The van der Waals surface area contributed by atoms with Crippen molar-refractivity contribution in [1.29, 1.82) is 0 Å². The van der Waals surface area contributed by atoms with Crippen molar-refractivity contribution in [3.05, 3.63) is 40.2 Å². The molecule has 5 rings (SSSR count). The van der Waals surface area contributed by atoms with Gasteiger partial charge >= 0.3 is 17.6 Å². The molecule has 0 N–H and O–H groups in total. The quantitative estimate of drug-likeness (QED) is 0.387. The largest absolute Gasteiger partial charge is 0.483 e. The molecule has 9 nitrogen and oxygen atoms in total. The molecule has 3 aliphatic rings. The first-order chi connectivity index (χ1) is 15.4. The molecule has 176 valence electrons. The fraction of sp³-hybridized carbons (Fsp3) is 0.542. The van der Waals surface area contributed by atoms with Crippen molar-refractivity contribution in [2.75, 3.05) is 0 Å². The van der Waals surface area contributed by atoms with E-state index in [-0.39, 0.29) is 17.8 Å². The van der Waals surface area contributed by atoms with Crippen LogP contribution in [0.1, 0.15) is 53.2 Å². The van der Waals surface area contributed by atoms with Gasteiger partial charge in [0, 0.05) is 11.5 Å². The number of carbonyl (C=O) groups excluding carboxylic acids is 2. The lowest BCUT2D eigenvalue weighted by Gasteiger charge is -2.43. The van der Waals surface area contributed by atoms with Crippen LogP contribution in [0.4, 0.5) is 0 Å². The van der Waals surface area contributed by atoms with Gasteiger partial charge in [-0.3, -0.25) is 0 Å². The third-order valence-corrected chi connectivity index (χ3v) is 6.96.